The average Bonchev–Trinajstić information content (AvgIpc) is 0.767. The minimum atomic E-state index is -1.37. The molecule has 5 aromatic rings. The van der Waals surface area contributed by atoms with Gasteiger partial charge in [0.2, 0.25) is 0 Å². The summed E-state index contributed by atoms with van der Waals surface area (Å²) in [6.45, 7) is 18.9. The summed E-state index contributed by atoms with van der Waals surface area (Å²) >= 11 is 0. The number of methoxy groups -OCH3 is 1. The Morgan fingerprint density at radius 1 is 0.360 bits per heavy atom. The molecule has 111 heavy (non-hydrogen) atoms. The predicted molar refractivity (Wildman–Crippen MR) is 400 cm³/mol. The van der Waals surface area contributed by atoms with Gasteiger partial charge >= 0.3 is 17.9 Å². The Kier molecular flexibility index (Phi) is 30.8. The van der Waals surface area contributed by atoms with E-state index in [1.807, 2.05) is 207 Å². The van der Waals surface area contributed by atoms with Crippen LogP contribution in [0.15, 0.2) is 162 Å². The lowest BCUT2D eigenvalue weighted by Crippen LogP contribution is -2.64. The Morgan fingerprint density at radius 3 is 1.07 bits per heavy atom. The quantitative estimate of drug-likeness (QED) is 0.0137. The largest absolute Gasteiger partial charge is 0.463 e. The average molecular weight is 1540 g/mol. The fourth-order valence-corrected chi connectivity index (χ4v) is 15.9. The first-order chi connectivity index (χ1) is 53.6. The van der Waals surface area contributed by atoms with Gasteiger partial charge in [-0.15, -0.1) is 0 Å². The number of hydrogen-bond acceptors (Lipinski definition) is 24. The molecule has 0 aromatic heterocycles. The smallest absolute Gasteiger partial charge is 0.302 e. The first-order valence-electron chi connectivity index (χ1n) is 38.5. The summed E-state index contributed by atoms with van der Waals surface area (Å²) in [6, 6.07) is 46.0. The minimum absolute atomic E-state index is 0.0857. The van der Waals surface area contributed by atoms with Crippen molar-refractivity contribution < 1.29 is 105 Å². The van der Waals surface area contributed by atoms with Crippen molar-refractivity contribution in [1.29, 1.82) is 0 Å². The maximum absolute atomic E-state index is 13.0. The van der Waals surface area contributed by atoms with Crippen LogP contribution in [-0.4, -0.2) is 191 Å². The van der Waals surface area contributed by atoms with Crippen LogP contribution in [0.2, 0.25) is 0 Å². The van der Waals surface area contributed by atoms with Crippen LogP contribution in [0.4, 0.5) is 0 Å². The third kappa shape index (κ3) is 21.7. The van der Waals surface area contributed by atoms with Gasteiger partial charge in [-0.25, -0.2) is 0 Å². The number of rotatable bonds is 32. The van der Waals surface area contributed by atoms with Crippen LogP contribution in [0.5, 0.6) is 0 Å². The van der Waals surface area contributed by atoms with Crippen molar-refractivity contribution in [3.05, 3.63) is 200 Å². The van der Waals surface area contributed by atoms with Crippen LogP contribution in [0, 0.1) is 41.4 Å². The second-order valence-electron chi connectivity index (χ2n) is 30.1. The summed E-state index contributed by atoms with van der Waals surface area (Å²) in [5.74, 6) is -5.34. The van der Waals surface area contributed by atoms with Crippen molar-refractivity contribution in [1.82, 2.24) is 0 Å². The van der Waals surface area contributed by atoms with Gasteiger partial charge < -0.3 is 90.4 Å². The Bertz CT molecular complexity index is 3800. The molecule has 6 aliphatic rings. The molecule has 6 aliphatic heterocycles. The van der Waals surface area contributed by atoms with Gasteiger partial charge in [0.1, 0.15) is 56.4 Å². The Labute approximate surface area is 649 Å². The number of carbonyl (C=O) groups excluding carboxylic acids is 3. The van der Waals surface area contributed by atoms with E-state index in [0.29, 0.717) is 6.42 Å². The maximum atomic E-state index is 13.0. The molecule has 30 atom stereocenters. The summed E-state index contributed by atoms with van der Waals surface area (Å²) in [4.78, 5) is 44.8. The van der Waals surface area contributed by atoms with Gasteiger partial charge in [0.05, 0.1) is 86.8 Å². The monoisotopic (exact) mass is 1540 g/mol. The molecule has 6 saturated heterocycles. The summed E-state index contributed by atoms with van der Waals surface area (Å²) in [5, 5.41) is 20.9. The van der Waals surface area contributed by atoms with Crippen LogP contribution >= 0.6 is 0 Å². The molecular weight excluding hydrogens is 1430 g/mol. The molecule has 5 aromatic carbocycles. The van der Waals surface area contributed by atoms with E-state index < -0.39 is 189 Å². The molecule has 0 spiro atoms. The first kappa shape index (κ1) is 84.4. The molecule has 11 rings (SSSR count). The molecule has 0 amide bonds. The van der Waals surface area contributed by atoms with E-state index >= 15 is 0 Å². The van der Waals surface area contributed by atoms with Gasteiger partial charge in [-0.05, 0) is 63.6 Å². The molecule has 6 heterocycles. The second kappa shape index (κ2) is 40.5. The number of aliphatic hydroxyl groups is 1. The minimum Gasteiger partial charge on any atom is -0.463 e. The van der Waals surface area contributed by atoms with Crippen LogP contribution in [0.1, 0.15) is 104 Å². The molecule has 28 nitrogen and oxygen atoms in total. The highest BCUT2D eigenvalue weighted by Crippen LogP contribution is 2.45. The van der Waals surface area contributed by atoms with Crippen LogP contribution in [0.25, 0.3) is 20.9 Å². The van der Waals surface area contributed by atoms with E-state index in [-0.39, 0.29) is 57.9 Å². The molecule has 0 bridgehead atoms. The molecule has 0 radical (unpaired) electrons. The fourth-order valence-electron chi connectivity index (χ4n) is 15.9. The highest BCUT2D eigenvalue weighted by Gasteiger charge is 2.57. The van der Waals surface area contributed by atoms with Gasteiger partial charge in [0, 0.05) is 74.2 Å². The third-order valence-corrected chi connectivity index (χ3v) is 22.3. The van der Waals surface area contributed by atoms with E-state index in [1.165, 1.54) is 20.8 Å². The van der Waals surface area contributed by atoms with Crippen molar-refractivity contribution in [3.63, 3.8) is 0 Å². The van der Waals surface area contributed by atoms with Crippen LogP contribution in [0.3, 0.4) is 0 Å². The van der Waals surface area contributed by atoms with E-state index in [4.69, 9.17) is 85.3 Å². The highest BCUT2D eigenvalue weighted by atomic mass is 16.8. The van der Waals surface area contributed by atoms with E-state index in [9.17, 15) is 30.6 Å². The lowest BCUT2D eigenvalue weighted by Gasteiger charge is -2.52. The molecule has 1 N–H and O–H groups in total. The highest BCUT2D eigenvalue weighted by molar-refractivity contribution is 5.66. The van der Waals surface area contributed by atoms with Crippen molar-refractivity contribution >= 4 is 17.9 Å². The van der Waals surface area contributed by atoms with Crippen molar-refractivity contribution in [3.8, 4) is 0 Å². The zero-order valence-corrected chi connectivity index (χ0v) is 65.1. The lowest BCUT2D eigenvalue weighted by atomic mass is 9.84. The molecular formula is C83H108N6O22. The number of nitrogens with zero attached hydrogens (tertiary/aromatic N) is 6. The zero-order valence-electron chi connectivity index (χ0n) is 65.1. The molecule has 0 aliphatic carbocycles. The molecule has 602 valence electrons. The second-order valence-corrected chi connectivity index (χ2v) is 30.1. The van der Waals surface area contributed by atoms with Gasteiger partial charge in [-0.3, -0.25) is 14.4 Å². The van der Waals surface area contributed by atoms with Gasteiger partial charge in [-0.1, -0.05) is 210 Å². The normalized spacial score (nSPS) is 36.3. The summed E-state index contributed by atoms with van der Waals surface area (Å²) in [7, 11) is 1.57. The third-order valence-electron chi connectivity index (χ3n) is 22.3. The summed E-state index contributed by atoms with van der Waals surface area (Å²) < 4.78 is 121. The van der Waals surface area contributed by atoms with Gasteiger partial charge in [0.25, 0.3) is 0 Å². The number of ether oxygens (including phenoxy) is 18. The van der Waals surface area contributed by atoms with Crippen molar-refractivity contribution in [2.75, 3.05) is 26.9 Å². The van der Waals surface area contributed by atoms with Gasteiger partial charge in [0.15, 0.2) is 37.7 Å². The number of benzene rings is 5. The van der Waals surface area contributed by atoms with Crippen molar-refractivity contribution in [2.24, 2.45) is 51.7 Å². The van der Waals surface area contributed by atoms with Crippen LogP contribution in [-0.2, 0) is 132 Å². The van der Waals surface area contributed by atoms with E-state index in [0.717, 1.165) is 27.8 Å². The standard InChI is InChI=1S/C83H108N6O22/c1-46-47(2)78(94-12)104-64(43-95-54(9)90)70(46)107-79-51(6)74(99-41-60-34-24-16-25-35-60)76(53(8)101-79)110-82-67(86-88-84)48(3)72(65(105-82)44-96-55(10)91)109-81-52(7)75(100-42-61-36-26-17-27-37-61)77(63(103-81)39-58-30-20-14-21-31-58)111-83-68(87-89-85)49(4)71(66(106-83)45-97-56(11)92)108-80-50(5)73(98-40-59-32-22-15-23-33-59)69(93)62(102-80)38-57-28-18-13-19-29-57/h13-37,46-53,62-83,93H,38-45H2,1-12H3/t46-,47?,48-,49-,50?,51?,52?,53?,62?,63?,64?,65?,66?,67?,68?,69-,70+,71+,72+,73+,74+,75+,76-,77+,78-,79+,80+,81+,82+,83+/m1/s1. The van der Waals surface area contributed by atoms with E-state index in [2.05, 4.69) is 20.1 Å². The number of azide groups is 2. The lowest BCUT2D eigenvalue weighted by molar-refractivity contribution is -0.372. The molecule has 6 fully saturated rings. The number of carbonyl (C=O) groups is 3. The van der Waals surface area contributed by atoms with Gasteiger partial charge in [-0.2, -0.15) is 0 Å². The number of esters is 3. The number of aliphatic hydroxyl groups excluding tert-OH is 1. The first-order valence-corrected chi connectivity index (χ1v) is 38.5. The Balaban J connectivity index is 0.888. The molecule has 28 heteroatoms. The number of hydrogen-bond donors (Lipinski definition) is 1. The topological polar surface area (TPSA) is 335 Å². The van der Waals surface area contributed by atoms with Crippen molar-refractivity contribution in [2.45, 2.75) is 250 Å². The van der Waals surface area contributed by atoms with Crippen LogP contribution < -0.4 is 0 Å². The predicted octanol–water partition coefficient (Wildman–Crippen LogP) is 12.0. The molecule has 0 saturated carbocycles. The zero-order chi connectivity index (χ0) is 78.8. The summed E-state index contributed by atoms with van der Waals surface area (Å²) in [6.07, 6.45) is -19.4. The fraction of sp³-hybridized carbons (Fsp3) is 0.602. The Morgan fingerprint density at radius 2 is 0.676 bits per heavy atom. The maximum Gasteiger partial charge on any atom is 0.302 e. The Hall–Kier alpha value is -7.51. The summed E-state index contributed by atoms with van der Waals surface area (Å²) in [5.41, 5.74) is 25.5. The SMILES string of the molecule is CO[C@@H]1OC(COC(C)=O)[C@@H](O[C@@H]2OC(C)[C@@H](O[C@@H]3OC(COC(C)=O)[C@@H](O[C@@H]4OC(Cc5ccccc5)[C@H](O[C@@H]5OC(COC(C)=O)[C@@H](O[C@@H]6OC(Cc7ccccc7)[C@@H](O)[C@@H](OCc7ccccc7)C6C)[C@H](C)C5N=[N+]=[N-])[C@@H](OCc5ccccc5)C4C)[C@H](C)C3N=[N+]=[N-])[C@@H](OCc3ccccc3)C2C)[C@H](C)C1C. The van der Waals surface area contributed by atoms with E-state index in [1.54, 1.807) is 7.11 Å². The molecule has 12 unspecified atom stereocenters.